The number of amides is 5. The molecule has 10 heteroatoms. The molecule has 4 rings (SSSR count). The van der Waals surface area contributed by atoms with Crippen LogP contribution in [-0.4, -0.2) is 41.8 Å². The molecule has 2 aliphatic rings. The van der Waals surface area contributed by atoms with Gasteiger partial charge in [0.25, 0.3) is 11.8 Å². The van der Waals surface area contributed by atoms with E-state index < -0.39 is 35.8 Å². The monoisotopic (exact) mass is 498 g/mol. The Bertz CT molecular complexity index is 1170. The zero-order valence-corrected chi connectivity index (χ0v) is 20.1. The van der Waals surface area contributed by atoms with E-state index in [9.17, 15) is 19.2 Å². The Balaban J connectivity index is 1.23. The van der Waals surface area contributed by atoms with Crippen molar-refractivity contribution in [3.63, 3.8) is 0 Å². The van der Waals surface area contributed by atoms with Gasteiger partial charge in [0.2, 0.25) is 5.91 Å². The lowest BCUT2D eigenvalue weighted by atomic mass is 9.76. The number of aryl methyl sites for hydroxylation is 2. The number of ether oxygens (including phenoxy) is 1. The van der Waals surface area contributed by atoms with Gasteiger partial charge in [-0.15, -0.1) is 0 Å². The summed E-state index contributed by atoms with van der Waals surface area (Å²) < 4.78 is 5.65. The molecule has 0 bridgehead atoms. The number of nitrogens with one attached hydrogen (secondary N) is 3. The van der Waals surface area contributed by atoms with E-state index in [1.165, 1.54) is 0 Å². The number of urea groups is 1. The molecule has 5 amide bonds. The van der Waals surface area contributed by atoms with E-state index in [1.807, 2.05) is 31.2 Å². The maximum atomic E-state index is 13.2. The zero-order valence-electron chi connectivity index (χ0n) is 19.4. The first-order valence-corrected chi connectivity index (χ1v) is 11.9. The van der Waals surface area contributed by atoms with Gasteiger partial charge in [0, 0.05) is 11.4 Å². The highest BCUT2D eigenvalue weighted by Gasteiger charge is 2.54. The lowest BCUT2D eigenvalue weighted by molar-refractivity contribution is -0.136. The third-order valence-corrected chi connectivity index (χ3v) is 6.47. The SMILES string of the molecule is Cc1cc(Cl)ccc1OCCCC(=O)NNC(=O)CN1C(=O)NC2(CCCc3ccccc32)C1=O. The van der Waals surface area contributed by atoms with Crippen molar-refractivity contribution in [3.05, 3.63) is 64.2 Å². The van der Waals surface area contributed by atoms with Crippen molar-refractivity contribution in [3.8, 4) is 5.75 Å². The normalized spacial score (nSPS) is 18.7. The van der Waals surface area contributed by atoms with E-state index in [0.29, 0.717) is 30.2 Å². The minimum Gasteiger partial charge on any atom is -0.493 e. The first-order valence-electron chi connectivity index (χ1n) is 11.5. The number of fused-ring (bicyclic) bond motifs is 2. The minimum atomic E-state index is -1.14. The number of nitrogens with zero attached hydrogens (tertiary/aromatic N) is 1. The Morgan fingerprint density at radius 2 is 1.91 bits per heavy atom. The summed E-state index contributed by atoms with van der Waals surface area (Å²) in [6.45, 7) is 1.70. The van der Waals surface area contributed by atoms with Gasteiger partial charge in [0.15, 0.2) is 0 Å². The lowest BCUT2D eigenvalue weighted by Crippen LogP contribution is -2.49. The second-order valence-electron chi connectivity index (χ2n) is 8.70. The van der Waals surface area contributed by atoms with Gasteiger partial charge in [-0.2, -0.15) is 0 Å². The van der Waals surface area contributed by atoms with E-state index in [2.05, 4.69) is 16.2 Å². The fraction of sp³-hybridized carbons (Fsp3) is 0.360. The number of rotatable bonds is 7. The molecule has 1 spiro atoms. The van der Waals surface area contributed by atoms with Crippen molar-refractivity contribution in [1.82, 2.24) is 21.1 Å². The minimum absolute atomic E-state index is 0.121. The second-order valence-corrected chi connectivity index (χ2v) is 9.13. The summed E-state index contributed by atoms with van der Waals surface area (Å²) in [5, 5.41) is 3.42. The standard InChI is InChI=1S/C25H27ClN4O5/c1-16-14-18(26)10-11-20(16)35-13-5-9-21(31)28-29-22(32)15-30-23(33)25(27-24(30)34)12-4-7-17-6-2-3-8-19(17)25/h2-3,6,8,10-11,14H,4-5,7,9,12-13,15H2,1H3,(H,27,34)(H,28,31)(H,29,32). The molecule has 2 aromatic rings. The number of carbonyl (C=O) groups excluding carboxylic acids is 4. The van der Waals surface area contributed by atoms with Gasteiger partial charge in [-0.1, -0.05) is 35.9 Å². The Morgan fingerprint density at radius 3 is 2.71 bits per heavy atom. The van der Waals surface area contributed by atoms with Crippen LogP contribution < -0.4 is 20.9 Å². The molecule has 1 aliphatic carbocycles. The predicted molar refractivity (Wildman–Crippen MR) is 129 cm³/mol. The largest absolute Gasteiger partial charge is 0.493 e. The van der Waals surface area contributed by atoms with Crippen LogP contribution in [0.15, 0.2) is 42.5 Å². The van der Waals surface area contributed by atoms with Crippen LogP contribution in [0.3, 0.4) is 0 Å². The Kier molecular flexibility index (Phi) is 7.25. The van der Waals surface area contributed by atoms with Crippen LogP contribution in [0.2, 0.25) is 5.02 Å². The fourth-order valence-electron chi connectivity index (χ4n) is 4.53. The van der Waals surface area contributed by atoms with E-state index in [1.54, 1.807) is 18.2 Å². The molecule has 3 N–H and O–H groups in total. The second kappa shape index (κ2) is 10.4. The number of imide groups is 1. The molecule has 1 heterocycles. The zero-order chi connectivity index (χ0) is 25.0. The van der Waals surface area contributed by atoms with Crippen LogP contribution in [0.4, 0.5) is 4.79 Å². The van der Waals surface area contributed by atoms with Gasteiger partial charge in [-0.3, -0.25) is 30.1 Å². The average molecular weight is 499 g/mol. The van der Waals surface area contributed by atoms with Gasteiger partial charge >= 0.3 is 6.03 Å². The predicted octanol–water partition coefficient (Wildman–Crippen LogP) is 2.74. The molecule has 0 aromatic heterocycles. The van der Waals surface area contributed by atoms with Crippen molar-refractivity contribution in [2.24, 2.45) is 0 Å². The van der Waals surface area contributed by atoms with Crippen molar-refractivity contribution < 1.29 is 23.9 Å². The molecular weight excluding hydrogens is 472 g/mol. The van der Waals surface area contributed by atoms with Crippen LogP contribution >= 0.6 is 11.6 Å². The number of benzene rings is 2. The van der Waals surface area contributed by atoms with E-state index in [4.69, 9.17) is 16.3 Å². The molecule has 0 radical (unpaired) electrons. The van der Waals surface area contributed by atoms with Crippen molar-refractivity contribution in [1.29, 1.82) is 0 Å². The van der Waals surface area contributed by atoms with Gasteiger partial charge < -0.3 is 10.1 Å². The first kappa shape index (κ1) is 24.5. The van der Waals surface area contributed by atoms with Crippen molar-refractivity contribution in [2.45, 2.75) is 44.6 Å². The summed E-state index contributed by atoms with van der Waals surface area (Å²) in [7, 11) is 0. The molecule has 1 atom stereocenters. The summed E-state index contributed by atoms with van der Waals surface area (Å²) >= 11 is 5.92. The third kappa shape index (κ3) is 5.24. The van der Waals surface area contributed by atoms with E-state index in [0.717, 1.165) is 34.4 Å². The number of halogens is 1. The van der Waals surface area contributed by atoms with Crippen molar-refractivity contribution in [2.75, 3.05) is 13.2 Å². The molecule has 1 fully saturated rings. The molecule has 184 valence electrons. The third-order valence-electron chi connectivity index (χ3n) is 6.24. The van der Waals surface area contributed by atoms with Gasteiger partial charge in [-0.05, 0) is 67.5 Å². The average Bonchev–Trinajstić information content (AvgIpc) is 3.06. The Labute approximate surface area is 208 Å². The lowest BCUT2D eigenvalue weighted by Gasteiger charge is -2.33. The molecule has 1 saturated heterocycles. The number of hydrogen-bond donors (Lipinski definition) is 3. The Hall–Kier alpha value is -3.59. The van der Waals surface area contributed by atoms with Crippen molar-refractivity contribution >= 4 is 35.4 Å². The highest BCUT2D eigenvalue weighted by atomic mass is 35.5. The van der Waals surface area contributed by atoms with Gasteiger partial charge in [-0.25, -0.2) is 4.79 Å². The molecule has 0 saturated carbocycles. The van der Waals surface area contributed by atoms with Crippen LogP contribution in [0, 0.1) is 6.92 Å². The molecule has 1 aliphatic heterocycles. The Morgan fingerprint density at radius 1 is 1.14 bits per heavy atom. The van der Waals surface area contributed by atoms with Crippen LogP contribution in [-0.2, 0) is 26.3 Å². The smallest absolute Gasteiger partial charge is 0.325 e. The fourth-order valence-corrected chi connectivity index (χ4v) is 4.76. The van der Waals surface area contributed by atoms with Crippen LogP contribution in [0.25, 0.3) is 0 Å². The quantitative estimate of drug-likeness (QED) is 0.308. The van der Waals surface area contributed by atoms with Crippen LogP contribution in [0.5, 0.6) is 5.75 Å². The summed E-state index contributed by atoms with van der Waals surface area (Å²) in [4.78, 5) is 51.1. The van der Waals surface area contributed by atoms with E-state index in [-0.39, 0.29) is 6.42 Å². The highest BCUT2D eigenvalue weighted by molar-refractivity contribution is 6.30. The number of hydrogen-bond acceptors (Lipinski definition) is 5. The molecular formula is C25H27ClN4O5. The molecule has 1 unspecified atom stereocenters. The summed E-state index contributed by atoms with van der Waals surface area (Å²) in [6.07, 6.45) is 2.61. The summed E-state index contributed by atoms with van der Waals surface area (Å²) in [5.41, 5.74) is 6.12. The van der Waals surface area contributed by atoms with Gasteiger partial charge in [0.05, 0.1) is 6.61 Å². The summed E-state index contributed by atoms with van der Waals surface area (Å²) in [6, 6.07) is 12.2. The molecule has 2 aromatic carbocycles. The maximum absolute atomic E-state index is 13.2. The van der Waals surface area contributed by atoms with Gasteiger partial charge in [0.1, 0.15) is 17.8 Å². The summed E-state index contributed by atoms with van der Waals surface area (Å²) in [5.74, 6) is -0.846. The van der Waals surface area contributed by atoms with Crippen LogP contribution in [0.1, 0.15) is 42.4 Å². The first-order chi connectivity index (χ1) is 16.8. The topological polar surface area (TPSA) is 117 Å². The molecule has 35 heavy (non-hydrogen) atoms. The number of carbonyl (C=O) groups is 4. The maximum Gasteiger partial charge on any atom is 0.325 e. The number of hydrazine groups is 1. The van der Waals surface area contributed by atoms with E-state index >= 15 is 0 Å². The molecule has 9 nitrogen and oxygen atoms in total. The highest BCUT2D eigenvalue weighted by Crippen LogP contribution is 2.39.